The normalized spacial score (nSPS) is 16.0. The van der Waals surface area contributed by atoms with E-state index in [-0.39, 0.29) is 23.9 Å². The zero-order chi connectivity index (χ0) is 18.0. The van der Waals surface area contributed by atoms with E-state index >= 15 is 0 Å². The summed E-state index contributed by atoms with van der Waals surface area (Å²) in [4.78, 5) is 14.4. The summed E-state index contributed by atoms with van der Waals surface area (Å²) in [5, 5.41) is 0.502. The zero-order valence-corrected chi connectivity index (χ0v) is 16.4. The Morgan fingerprint density at radius 2 is 1.68 bits per heavy atom. The maximum absolute atomic E-state index is 12.7. The third-order valence-corrected chi connectivity index (χ3v) is 6.65. The molecule has 0 saturated carbocycles. The summed E-state index contributed by atoms with van der Waals surface area (Å²) in [6.45, 7) is 1.22. The molecule has 132 valence electrons. The molecule has 5 nitrogen and oxygen atoms in total. The predicted octanol–water partition coefficient (Wildman–Crippen LogP) is 3.25. The number of rotatable bonds is 3. The van der Waals surface area contributed by atoms with Crippen molar-refractivity contribution in [2.75, 3.05) is 26.2 Å². The van der Waals surface area contributed by atoms with Crippen molar-refractivity contribution in [1.82, 2.24) is 9.21 Å². The van der Waals surface area contributed by atoms with Gasteiger partial charge in [0.05, 0.1) is 4.90 Å². The van der Waals surface area contributed by atoms with Crippen LogP contribution in [0.3, 0.4) is 0 Å². The number of carbonyl (C=O) groups excluding carboxylic acids is 1. The van der Waals surface area contributed by atoms with Gasteiger partial charge < -0.3 is 4.90 Å². The molecule has 8 heteroatoms. The van der Waals surface area contributed by atoms with Crippen LogP contribution in [-0.4, -0.2) is 49.7 Å². The number of amides is 1. The van der Waals surface area contributed by atoms with Crippen LogP contribution in [0, 0.1) is 0 Å². The lowest BCUT2D eigenvalue weighted by Crippen LogP contribution is -2.50. The molecule has 1 fully saturated rings. The summed E-state index contributed by atoms with van der Waals surface area (Å²) in [5.41, 5.74) is 0.510. The number of hydrogen-bond donors (Lipinski definition) is 0. The van der Waals surface area contributed by atoms with Gasteiger partial charge in [0.15, 0.2) is 0 Å². The Balaban J connectivity index is 1.70. The third kappa shape index (κ3) is 4.06. The van der Waals surface area contributed by atoms with Gasteiger partial charge in [0.25, 0.3) is 5.91 Å². The van der Waals surface area contributed by atoms with E-state index in [4.69, 9.17) is 11.6 Å². The topological polar surface area (TPSA) is 57.7 Å². The number of piperazine rings is 1. The van der Waals surface area contributed by atoms with Crippen molar-refractivity contribution < 1.29 is 13.2 Å². The average Bonchev–Trinajstić information content (AvgIpc) is 2.61. The van der Waals surface area contributed by atoms with Crippen LogP contribution in [0.4, 0.5) is 0 Å². The van der Waals surface area contributed by atoms with Gasteiger partial charge in [0, 0.05) is 41.2 Å². The second-order valence-electron chi connectivity index (χ2n) is 5.66. The van der Waals surface area contributed by atoms with Crippen molar-refractivity contribution in [2.24, 2.45) is 0 Å². The van der Waals surface area contributed by atoms with Gasteiger partial charge in [-0.15, -0.1) is 0 Å². The minimum atomic E-state index is -3.56. The Morgan fingerprint density at radius 3 is 2.32 bits per heavy atom. The van der Waals surface area contributed by atoms with Crippen LogP contribution in [-0.2, 0) is 10.0 Å². The smallest absolute Gasteiger partial charge is 0.253 e. The fraction of sp³-hybridized carbons (Fsp3) is 0.235. The van der Waals surface area contributed by atoms with Crippen LogP contribution >= 0.6 is 27.5 Å². The van der Waals surface area contributed by atoms with Crippen LogP contribution in [0.15, 0.2) is 57.9 Å². The number of carbonyl (C=O) groups is 1. The molecule has 0 aliphatic carbocycles. The minimum Gasteiger partial charge on any atom is -0.336 e. The quantitative estimate of drug-likeness (QED) is 0.732. The molecule has 0 bridgehead atoms. The minimum absolute atomic E-state index is 0.137. The van der Waals surface area contributed by atoms with Crippen molar-refractivity contribution in [3.63, 3.8) is 0 Å². The molecule has 1 amide bonds. The Morgan fingerprint density at radius 1 is 1.00 bits per heavy atom. The highest BCUT2D eigenvalue weighted by Crippen LogP contribution is 2.22. The Labute approximate surface area is 160 Å². The molecule has 2 aromatic carbocycles. The van der Waals surface area contributed by atoms with E-state index in [1.807, 2.05) is 0 Å². The van der Waals surface area contributed by atoms with Crippen molar-refractivity contribution in [3.05, 3.63) is 63.6 Å². The Bertz CT molecular complexity index is 896. The van der Waals surface area contributed by atoms with Crippen LogP contribution in [0.5, 0.6) is 0 Å². The fourth-order valence-corrected chi connectivity index (χ4v) is 4.92. The molecule has 0 spiro atoms. The molecule has 1 heterocycles. The first kappa shape index (κ1) is 18.4. The van der Waals surface area contributed by atoms with E-state index in [1.54, 1.807) is 53.4 Å². The molecule has 0 atom stereocenters. The number of nitrogens with zero attached hydrogens (tertiary/aromatic N) is 2. The summed E-state index contributed by atoms with van der Waals surface area (Å²) < 4.78 is 27.6. The van der Waals surface area contributed by atoms with Gasteiger partial charge >= 0.3 is 0 Å². The van der Waals surface area contributed by atoms with Crippen LogP contribution in [0.2, 0.25) is 5.02 Å². The van der Waals surface area contributed by atoms with Crippen molar-refractivity contribution >= 4 is 43.5 Å². The maximum atomic E-state index is 12.7. The average molecular weight is 444 g/mol. The van der Waals surface area contributed by atoms with E-state index in [2.05, 4.69) is 15.9 Å². The maximum Gasteiger partial charge on any atom is 0.253 e. The third-order valence-electron chi connectivity index (χ3n) is 4.03. The molecular formula is C17H16BrClN2O3S. The molecule has 1 saturated heterocycles. The lowest BCUT2D eigenvalue weighted by atomic mass is 10.2. The summed E-state index contributed by atoms with van der Waals surface area (Å²) >= 11 is 9.22. The SMILES string of the molecule is O=C(c1cccc(Cl)c1)N1CCN(S(=O)(=O)c2cccc(Br)c2)CC1. The van der Waals surface area contributed by atoms with Gasteiger partial charge in [-0.05, 0) is 36.4 Å². The molecule has 1 aliphatic rings. The molecule has 25 heavy (non-hydrogen) atoms. The molecular weight excluding hydrogens is 428 g/mol. The number of hydrogen-bond acceptors (Lipinski definition) is 3. The predicted molar refractivity (Wildman–Crippen MR) is 100 cm³/mol. The van der Waals surface area contributed by atoms with E-state index in [9.17, 15) is 13.2 Å². The molecule has 0 N–H and O–H groups in total. The molecule has 1 aliphatic heterocycles. The van der Waals surface area contributed by atoms with Crippen molar-refractivity contribution in [1.29, 1.82) is 0 Å². The van der Waals surface area contributed by atoms with Gasteiger partial charge in [-0.2, -0.15) is 4.31 Å². The van der Waals surface area contributed by atoms with E-state index in [0.29, 0.717) is 28.1 Å². The highest BCUT2D eigenvalue weighted by molar-refractivity contribution is 9.10. The summed E-state index contributed by atoms with van der Waals surface area (Å²) in [6, 6.07) is 13.4. The Kier molecular flexibility index (Phi) is 5.48. The second-order valence-corrected chi connectivity index (χ2v) is 8.95. The lowest BCUT2D eigenvalue weighted by molar-refractivity contribution is 0.0698. The zero-order valence-electron chi connectivity index (χ0n) is 13.2. The van der Waals surface area contributed by atoms with E-state index in [1.165, 1.54) is 4.31 Å². The molecule has 0 radical (unpaired) electrons. The summed E-state index contributed by atoms with van der Waals surface area (Å²) in [7, 11) is -3.56. The highest BCUT2D eigenvalue weighted by atomic mass is 79.9. The number of benzene rings is 2. The highest BCUT2D eigenvalue weighted by Gasteiger charge is 2.30. The first-order valence-corrected chi connectivity index (χ1v) is 10.3. The fourth-order valence-electron chi connectivity index (χ4n) is 2.71. The van der Waals surface area contributed by atoms with Gasteiger partial charge in [-0.25, -0.2) is 8.42 Å². The van der Waals surface area contributed by atoms with Gasteiger partial charge in [-0.3, -0.25) is 4.79 Å². The Hall–Kier alpha value is -1.41. The van der Waals surface area contributed by atoms with Crippen LogP contribution in [0.1, 0.15) is 10.4 Å². The summed E-state index contributed by atoms with van der Waals surface area (Å²) in [6.07, 6.45) is 0. The van der Waals surface area contributed by atoms with Gasteiger partial charge in [0.2, 0.25) is 10.0 Å². The number of halogens is 2. The molecule has 3 rings (SSSR count). The monoisotopic (exact) mass is 442 g/mol. The van der Waals surface area contributed by atoms with Crippen molar-refractivity contribution in [2.45, 2.75) is 4.90 Å². The lowest BCUT2D eigenvalue weighted by Gasteiger charge is -2.34. The largest absolute Gasteiger partial charge is 0.336 e. The first-order chi connectivity index (χ1) is 11.9. The van der Waals surface area contributed by atoms with E-state index < -0.39 is 10.0 Å². The second kappa shape index (κ2) is 7.45. The molecule has 2 aromatic rings. The van der Waals surface area contributed by atoms with Crippen LogP contribution < -0.4 is 0 Å². The first-order valence-electron chi connectivity index (χ1n) is 7.68. The molecule has 0 unspecified atom stereocenters. The summed E-state index contributed by atoms with van der Waals surface area (Å²) in [5.74, 6) is -0.137. The van der Waals surface area contributed by atoms with Crippen LogP contribution in [0.25, 0.3) is 0 Å². The van der Waals surface area contributed by atoms with Gasteiger partial charge in [-0.1, -0.05) is 39.7 Å². The molecule has 0 aromatic heterocycles. The van der Waals surface area contributed by atoms with E-state index in [0.717, 1.165) is 0 Å². The number of sulfonamides is 1. The van der Waals surface area contributed by atoms with Crippen molar-refractivity contribution in [3.8, 4) is 0 Å². The standard InChI is InChI=1S/C17H16BrClN2O3S/c18-14-4-2-6-16(12-14)25(23,24)21-9-7-20(8-10-21)17(22)13-3-1-5-15(19)11-13/h1-6,11-12H,7-10H2. The van der Waals surface area contributed by atoms with Gasteiger partial charge in [0.1, 0.15) is 0 Å².